The Kier molecular flexibility index (Phi) is 4.43. The highest BCUT2D eigenvalue weighted by atomic mass is 15.0. The van der Waals surface area contributed by atoms with Gasteiger partial charge < -0.3 is 4.57 Å². The molecule has 1 nitrogen and oxygen atoms in total. The van der Waals surface area contributed by atoms with Gasteiger partial charge in [0.25, 0.3) is 0 Å². The number of hydrogen-bond acceptors (Lipinski definition) is 0. The Morgan fingerprint density at radius 1 is 0.882 bits per heavy atom. The molecule has 0 spiro atoms. The van der Waals surface area contributed by atoms with E-state index in [2.05, 4.69) is 60.2 Å². The maximum absolute atomic E-state index is 2.37. The van der Waals surface area contributed by atoms with E-state index in [0.717, 1.165) is 6.54 Å². The molecule has 0 saturated heterocycles. The van der Waals surface area contributed by atoms with Crippen LogP contribution in [-0.4, -0.2) is 4.57 Å². The maximum Gasteiger partial charge on any atom is 0.0480 e. The van der Waals surface area contributed by atoms with E-state index in [1.54, 1.807) is 0 Å². The van der Waals surface area contributed by atoms with E-state index in [0.29, 0.717) is 0 Å². The second kappa shape index (κ2) is 6.29. The van der Waals surface area contributed by atoms with Crippen LogP contribution in [-0.2, 0) is 6.54 Å². The van der Waals surface area contributed by atoms with Gasteiger partial charge in [-0.3, -0.25) is 0 Å². The molecule has 17 heavy (non-hydrogen) atoms. The van der Waals surface area contributed by atoms with Gasteiger partial charge in [-0.05, 0) is 24.1 Å². The first-order valence-corrected chi connectivity index (χ1v) is 6.62. The molecule has 0 amide bonds. The minimum atomic E-state index is 1.14. The van der Waals surface area contributed by atoms with Crippen LogP contribution in [0.15, 0.2) is 48.7 Å². The number of unbranched alkanes of at least 4 members (excludes halogenated alkanes) is 3. The molecule has 2 rings (SSSR count). The van der Waals surface area contributed by atoms with E-state index in [1.807, 2.05) is 0 Å². The molecule has 0 aliphatic heterocycles. The van der Waals surface area contributed by atoms with Crippen LogP contribution in [0.5, 0.6) is 0 Å². The first-order valence-electron chi connectivity index (χ1n) is 6.62. The molecule has 0 fully saturated rings. The van der Waals surface area contributed by atoms with Crippen molar-refractivity contribution >= 4 is 0 Å². The third-order valence-electron chi connectivity index (χ3n) is 3.15. The topological polar surface area (TPSA) is 4.93 Å². The van der Waals surface area contributed by atoms with Crippen LogP contribution in [0.25, 0.3) is 11.3 Å². The van der Waals surface area contributed by atoms with Crippen LogP contribution in [0.3, 0.4) is 0 Å². The third kappa shape index (κ3) is 3.23. The predicted molar refractivity (Wildman–Crippen MR) is 74.0 cm³/mol. The molecule has 0 bridgehead atoms. The minimum absolute atomic E-state index is 1.14. The van der Waals surface area contributed by atoms with E-state index < -0.39 is 0 Å². The van der Waals surface area contributed by atoms with Crippen molar-refractivity contribution in [1.82, 2.24) is 4.57 Å². The van der Waals surface area contributed by atoms with Crippen molar-refractivity contribution in [3.8, 4) is 11.3 Å². The van der Waals surface area contributed by atoms with Crippen molar-refractivity contribution < 1.29 is 0 Å². The van der Waals surface area contributed by atoms with Crippen LogP contribution >= 0.6 is 0 Å². The fourth-order valence-corrected chi connectivity index (χ4v) is 2.19. The molecule has 1 heteroatoms. The van der Waals surface area contributed by atoms with Gasteiger partial charge in [0.15, 0.2) is 0 Å². The average Bonchev–Trinajstić information content (AvgIpc) is 2.84. The van der Waals surface area contributed by atoms with E-state index in [1.165, 1.54) is 36.9 Å². The molecule has 0 radical (unpaired) electrons. The summed E-state index contributed by atoms with van der Waals surface area (Å²) in [5, 5.41) is 0. The summed E-state index contributed by atoms with van der Waals surface area (Å²) in [6.07, 6.45) is 7.46. The Morgan fingerprint density at radius 3 is 2.47 bits per heavy atom. The monoisotopic (exact) mass is 227 g/mol. The summed E-state index contributed by atoms with van der Waals surface area (Å²) in [5.74, 6) is 0. The number of aryl methyl sites for hydroxylation is 1. The second-order valence-electron chi connectivity index (χ2n) is 4.51. The smallest absolute Gasteiger partial charge is 0.0480 e. The zero-order valence-electron chi connectivity index (χ0n) is 10.6. The van der Waals surface area contributed by atoms with Gasteiger partial charge in [0.2, 0.25) is 0 Å². The SMILES string of the molecule is CCCCCCn1cccc1-c1ccccc1. The summed E-state index contributed by atoms with van der Waals surface area (Å²) in [6, 6.07) is 15.0. The van der Waals surface area contributed by atoms with E-state index in [9.17, 15) is 0 Å². The largest absolute Gasteiger partial charge is 0.348 e. The number of nitrogens with zero attached hydrogens (tertiary/aromatic N) is 1. The van der Waals surface area contributed by atoms with E-state index in [4.69, 9.17) is 0 Å². The molecule has 0 aliphatic rings. The summed E-state index contributed by atoms with van der Waals surface area (Å²) < 4.78 is 2.37. The van der Waals surface area contributed by atoms with Crippen molar-refractivity contribution in [1.29, 1.82) is 0 Å². The fourth-order valence-electron chi connectivity index (χ4n) is 2.19. The van der Waals surface area contributed by atoms with Gasteiger partial charge in [-0.2, -0.15) is 0 Å². The lowest BCUT2D eigenvalue weighted by Crippen LogP contribution is -1.98. The first kappa shape index (κ1) is 12.0. The molecule has 2 aromatic rings. The highest BCUT2D eigenvalue weighted by Gasteiger charge is 2.02. The Bertz CT molecular complexity index is 428. The van der Waals surface area contributed by atoms with E-state index in [-0.39, 0.29) is 0 Å². The molecular weight excluding hydrogens is 206 g/mol. The Labute approximate surface area is 104 Å². The standard InChI is InChI=1S/C16H21N/c1-2-3-4-8-13-17-14-9-12-16(17)15-10-6-5-7-11-15/h5-7,9-12,14H,2-4,8,13H2,1H3. The summed E-state index contributed by atoms with van der Waals surface area (Å²) in [6.45, 7) is 3.39. The zero-order valence-corrected chi connectivity index (χ0v) is 10.6. The molecule has 0 N–H and O–H groups in total. The zero-order chi connectivity index (χ0) is 11.9. The highest BCUT2D eigenvalue weighted by molar-refractivity contribution is 5.59. The molecule has 0 atom stereocenters. The Hall–Kier alpha value is -1.50. The van der Waals surface area contributed by atoms with Gasteiger partial charge in [-0.15, -0.1) is 0 Å². The normalized spacial score (nSPS) is 10.6. The molecule has 0 aliphatic carbocycles. The average molecular weight is 227 g/mol. The number of benzene rings is 1. The van der Waals surface area contributed by atoms with Crippen LogP contribution in [0.2, 0.25) is 0 Å². The van der Waals surface area contributed by atoms with Gasteiger partial charge in [-0.1, -0.05) is 56.5 Å². The molecular formula is C16H21N. The van der Waals surface area contributed by atoms with Gasteiger partial charge in [0, 0.05) is 18.4 Å². The first-order chi connectivity index (χ1) is 8.42. The summed E-state index contributed by atoms with van der Waals surface area (Å²) in [7, 11) is 0. The lowest BCUT2D eigenvalue weighted by Gasteiger charge is -2.09. The lowest BCUT2D eigenvalue weighted by atomic mass is 10.1. The summed E-state index contributed by atoms with van der Waals surface area (Å²) in [5.41, 5.74) is 2.65. The molecule has 90 valence electrons. The minimum Gasteiger partial charge on any atom is -0.348 e. The van der Waals surface area contributed by atoms with Crippen LogP contribution < -0.4 is 0 Å². The van der Waals surface area contributed by atoms with Crippen molar-refractivity contribution in [2.75, 3.05) is 0 Å². The van der Waals surface area contributed by atoms with Crippen molar-refractivity contribution in [2.45, 2.75) is 39.2 Å². The Morgan fingerprint density at radius 2 is 1.71 bits per heavy atom. The number of aromatic nitrogens is 1. The van der Waals surface area contributed by atoms with Crippen molar-refractivity contribution in [3.05, 3.63) is 48.7 Å². The fraction of sp³-hybridized carbons (Fsp3) is 0.375. The van der Waals surface area contributed by atoms with Crippen molar-refractivity contribution in [2.24, 2.45) is 0 Å². The predicted octanol–water partition coefficient (Wildman–Crippen LogP) is 4.74. The molecule has 0 saturated carbocycles. The maximum atomic E-state index is 2.37. The lowest BCUT2D eigenvalue weighted by molar-refractivity contribution is 0.587. The van der Waals surface area contributed by atoms with Crippen LogP contribution in [0.1, 0.15) is 32.6 Å². The van der Waals surface area contributed by atoms with Gasteiger partial charge in [-0.25, -0.2) is 0 Å². The van der Waals surface area contributed by atoms with Gasteiger partial charge >= 0.3 is 0 Å². The molecule has 1 aromatic carbocycles. The number of rotatable bonds is 6. The Balaban J connectivity index is 2.02. The van der Waals surface area contributed by atoms with E-state index >= 15 is 0 Å². The van der Waals surface area contributed by atoms with Crippen molar-refractivity contribution in [3.63, 3.8) is 0 Å². The highest BCUT2D eigenvalue weighted by Crippen LogP contribution is 2.20. The third-order valence-corrected chi connectivity index (χ3v) is 3.15. The molecule has 1 aromatic heterocycles. The van der Waals surface area contributed by atoms with Gasteiger partial charge in [0.05, 0.1) is 0 Å². The van der Waals surface area contributed by atoms with Gasteiger partial charge in [0.1, 0.15) is 0 Å². The molecule has 1 heterocycles. The summed E-state index contributed by atoms with van der Waals surface area (Å²) >= 11 is 0. The number of hydrogen-bond donors (Lipinski definition) is 0. The molecule has 0 unspecified atom stereocenters. The van der Waals surface area contributed by atoms with Crippen LogP contribution in [0, 0.1) is 0 Å². The second-order valence-corrected chi connectivity index (χ2v) is 4.51. The summed E-state index contributed by atoms with van der Waals surface area (Å²) in [4.78, 5) is 0. The van der Waals surface area contributed by atoms with Crippen LogP contribution in [0.4, 0.5) is 0 Å². The quantitative estimate of drug-likeness (QED) is 0.628.